The third kappa shape index (κ3) is 3.53. The van der Waals surface area contributed by atoms with Gasteiger partial charge in [-0.1, -0.05) is 11.6 Å². The molecule has 0 saturated carbocycles. The normalized spacial score (nSPS) is 11.3. The van der Waals surface area contributed by atoms with Crippen LogP contribution in [0.15, 0.2) is 55.0 Å². The van der Waals surface area contributed by atoms with Gasteiger partial charge in [0.25, 0.3) is 0 Å². The molecule has 0 spiro atoms. The minimum absolute atomic E-state index is 0.484. The summed E-state index contributed by atoms with van der Waals surface area (Å²) in [5.74, 6) is 0.778. The van der Waals surface area contributed by atoms with Crippen LogP contribution < -0.4 is 5.73 Å². The Morgan fingerprint density at radius 1 is 1.10 bits per heavy atom. The molecule has 5 aromatic heterocycles. The number of nitrogens with one attached hydrogen (secondary N) is 1. The molecule has 0 amide bonds. The van der Waals surface area contributed by atoms with Crippen LogP contribution in [0.5, 0.6) is 0 Å². The van der Waals surface area contributed by atoms with Crippen molar-refractivity contribution in [3.05, 3.63) is 76.4 Å². The minimum atomic E-state index is 0.484. The Balaban J connectivity index is 1.52. The van der Waals surface area contributed by atoms with E-state index in [1.807, 2.05) is 43.5 Å². The molecule has 148 valence electrons. The maximum atomic E-state index is 6.22. The lowest BCUT2D eigenvalue weighted by Crippen LogP contribution is -2.02. The molecule has 0 saturated heterocycles. The molecular formula is C22H17ClN6S. The number of anilines is 1. The van der Waals surface area contributed by atoms with E-state index in [0.29, 0.717) is 12.1 Å². The van der Waals surface area contributed by atoms with Crippen molar-refractivity contribution in [3.8, 4) is 21.8 Å². The zero-order valence-corrected chi connectivity index (χ0v) is 17.6. The van der Waals surface area contributed by atoms with Gasteiger partial charge in [0.15, 0.2) is 0 Å². The van der Waals surface area contributed by atoms with Gasteiger partial charge < -0.3 is 10.7 Å². The molecule has 0 radical (unpaired) electrons. The summed E-state index contributed by atoms with van der Waals surface area (Å²) in [6.07, 6.45) is 5.88. The summed E-state index contributed by atoms with van der Waals surface area (Å²) in [7, 11) is 0. The Morgan fingerprint density at radius 3 is 2.80 bits per heavy atom. The molecule has 30 heavy (non-hydrogen) atoms. The summed E-state index contributed by atoms with van der Waals surface area (Å²) in [6, 6.07) is 11.6. The van der Waals surface area contributed by atoms with E-state index in [-0.39, 0.29) is 0 Å². The molecule has 0 atom stereocenters. The van der Waals surface area contributed by atoms with Crippen molar-refractivity contribution in [2.45, 2.75) is 13.3 Å². The Hall–Kier alpha value is -3.29. The fraction of sp³-hybridized carbons (Fsp3) is 0.0909. The van der Waals surface area contributed by atoms with Crippen molar-refractivity contribution in [2.24, 2.45) is 0 Å². The molecule has 0 unspecified atom stereocenters. The lowest BCUT2D eigenvalue weighted by atomic mass is 10.1. The van der Waals surface area contributed by atoms with E-state index in [1.165, 1.54) is 11.3 Å². The van der Waals surface area contributed by atoms with E-state index in [9.17, 15) is 0 Å². The second kappa shape index (κ2) is 7.51. The predicted molar refractivity (Wildman–Crippen MR) is 122 cm³/mol. The zero-order chi connectivity index (χ0) is 20.7. The number of nitrogens with two attached hydrogens (primary N) is 1. The Morgan fingerprint density at radius 2 is 2.00 bits per heavy atom. The highest BCUT2D eigenvalue weighted by Gasteiger charge is 2.14. The maximum absolute atomic E-state index is 6.22. The van der Waals surface area contributed by atoms with Crippen molar-refractivity contribution in [1.82, 2.24) is 24.9 Å². The highest BCUT2D eigenvalue weighted by molar-refractivity contribution is 7.19. The lowest BCUT2D eigenvalue weighted by molar-refractivity contribution is 0.990. The van der Waals surface area contributed by atoms with Gasteiger partial charge in [0.2, 0.25) is 0 Å². The Kier molecular flexibility index (Phi) is 4.69. The number of hydrogen-bond acceptors (Lipinski definition) is 6. The second-order valence-corrected chi connectivity index (χ2v) is 8.72. The number of imidazole rings is 1. The van der Waals surface area contributed by atoms with Crippen molar-refractivity contribution in [3.63, 3.8) is 0 Å². The number of aromatic nitrogens is 5. The van der Waals surface area contributed by atoms with Gasteiger partial charge >= 0.3 is 0 Å². The molecule has 0 aliphatic heterocycles. The van der Waals surface area contributed by atoms with Gasteiger partial charge in [0.1, 0.15) is 17.0 Å². The molecule has 8 heteroatoms. The average Bonchev–Trinajstić information content (AvgIpc) is 3.35. The fourth-order valence-corrected chi connectivity index (χ4v) is 4.40. The SMILES string of the molecule is Cc1cncc(-c2ccc(N)c(Cc3nc4c(-c5ccc(Cl)s5)nccc4[nH]3)n2)c1. The average molecular weight is 433 g/mol. The van der Waals surface area contributed by atoms with Crippen LogP contribution in [0.2, 0.25) is 4.34 Å². The van der Waals surface area contributed by atoms with Gasteiger partial charge in [0.05, 0.1) is 38.2 Å². The smallest absolute Gasteiger partial charge is 0.116 e. The molecule has 5 rings (SSSR count). The summed E-state index contributed by atoms with van der Waals surface area (Å²) in [5, 5.41) is 0. The van der Waals surface area contributed by atoms with Crippen LogP contribution >= 0.6 is 22.9 Å². The monoisotopic (exact) mass is 432 g/mol. The molecule has 0 bridgehead atoms. The van der Waals surface area contributed by atoms with Crippen LogP contribution in [0.4, 0.5) is 5.69 Å². The number of aryl methyl sites for hydroxylation is 1. The maximum Gasteiger partial charge on any atom is 0.116 e. The number of fused-ring (bicyclic) bond motifs is 1. The number of thiophene rings is 1. The van der Waals surface area contributed by atoms with Gasteiger partial charge in [-0.2, -0.15) is 0 Å². The van der Waals surface area contributed by atoms with Crippen molar-refractivity contribution >= 4 is 39.7 Å². The summed E-state index contributed by atoms with van der Waals surface area (Å²) in [4.78, 5) is 22.7. The predicted octanol–water partition coefficient (Wildman–Crippen LogP) is 5.28. The van der Waals surface area contributed by atoms with Crippen LogP contribution in [0.25, 0.3) is 32.9 Å². The number of aromatic amines is 1. The first-order valence-corrected chi connectivity index (χ1v) is 10.5. The number of pyridine rings is 3. The quantitative estimate of drug-likeness (QED) is 0.403. The van der Waals surface area contributed by atoms with Crippen LogP contribution in [0.1, 0.15) is 17.1 Å². The van der Waals surface area contributed by atoms with Crippen LogP contribution in [-0.4, -0.2) is 24.9 Å². The minimum Gasteiger partial charge on any atom is -0.397 e. The first kappa shape index (κ1) is 18.7. The Labute approximate surface area is 181 Å². The van der Waals surface area contributed by atoms with Gasteiger partial charge in [-0.05, 0) is 48.9 Å². The highest BCUT2D eigenvalue weighted by atomic mass is 35.5. The zero-order valence-electron chi connectivity index (χ0n) is 16.1. The van der Waals surface area contributed by atoms with E-state index in [2.05, 4.69) is 21.0 Å². The van der Waals surface area contributed by atoms with Gasteiger partial charge in [0, 0.05) is 24.2 Å². The van der Waals surface area contributed by atoms with Crippen molar-refractivity contribution in [2.75, 3.05) is 5.73 Å². The molecule has 3 N–H and O–H groups in total. The van der Waals surface area contributed by atoms with Crippen molar-refractivity contribution < 1.29 is 0 Å². The molecule has 0 aromatic carbocycles. The van der Waals surface area contributed by atoms with Gasteiger partial charge in [-0.3, -0.25) is 15.0 Å². The molecule has 0 aliphatic rings. The number of hydrogen-bond donors (Lipinski definition) is 2. The second-order valence-electron chi connectivity index (χ2n) is 7.00. The van der Waals surface area contributed by atoms with Crippen molar-refractivity contribution in [1.29, 1.82) is 0 Å². The molecule has 0 fully saturated rings. The molecule has 5 heterocycles. The summed E-state index contributed by atoms with van der Waals surface area (Å²) in [5.41, 5.74) is 13.0. The number of H-pyrrole nitrogens is 1. The van der Waals surface area contributed by atoms with E-state index < -0.39 is 0 Å². The van der Waals surface area contributed by atoms with Gasteiger partial charge in [-0.15, -0.1) is 11.3 Å². The fourth-order valence-electron chi connectivity index (χ4n) is 3.36. The van der Waals surface area contributed by atoms with Crippen LogP contribution in [-0.2, 0) is 6.42 Å². The summed E-state index contributed by atoms with van der Waals surface area (Å²) >= 11 is 7.59. The first-order valence-electron chi connectivity index (χ1n) is 9.33. The van der Waals surface area contributed by atoms with Crippen LogP contribution in [0.3, 0.4) is 0 Å². The van der Waals surface area contributed by atoms with E-state index >= 15 is 0 Å². The number of nitrogen functional groups attached to an aromatic ring is 1. The first-order chi connectivity index (χ1) is 14.6. The van der Waals surface area contributed by atoms with E-state index in [1.54, 1.807) is 12.4 Å². The molecule has 6 nitrogen and oxygen atoms in total. The molecular weight excluding hydrogens is 416 g/mol. The highest BCUT2D eigenvalue weighted by Crippen LogP contribution is 2.33. The molecule has 5 aromatic rings. The number of nitrogens with zero attached hydrogens (tertiary/aromatic N) is 4. The number of rotatable bonds is 4. The van der Waals surface area contributed by atoms with E-state index in [4.69, 9.17) is 27.3 Å². The third-order valence-corrected chi connectivity index (χ3v) is 6.01. The van der Waals surface area contributed by atoms with Gasteiger partial charge in [-0.25, -0.2) is 4.98 Å². The number of halogens is 1. The summed E-state index contributed by atoms with van der Waals surface area (Å²) in [6.45, 7) is 2.01. The summed E-state index contributed by atoms with van der Waals surface area (Å²) < 4.78 is 0.721. The lowest BCUT2D eigenvalue weighted by Gasteiger charge is -2.07. The molecule has 0 aliphatic carbocycles. The largest absolute Gasteiger partial charge is 0.397 e. The Bertz CT molecular complexity index is 1370. The van der Waals surface area contributed by atoms with E-state index in [0.717, 1.165) is 54.3 Å². The topological polar surface area (TPSA) is 93.4 Å². The third-order valence-electron chi connectivity index (χ3n) is 4.77. The standard InChI is InChI=1S/C22H17ClN6S/c1-12-8-13(11-25-10-12)15-3-2-14(24)17(27-15)9-20-28-16-6-7-26-22(21(16)29-20)18-4-5-19(23)30-18/h2-8,10-11H,9,24H2,1H3,(H,28,29). The van der Waals surface area contributed by atoms with Crippen LogP contribution in [0, 0.1) is 6.92 Å².